The molecule has 4 rings (SSSR count). The molecule has 5 heteroatoms. The van der Waals surface area contributed by atoms with Crippen LogP contribution >= 0.6 is 23.5 Å². The van der Waals surface area contributed by atoms with Gasteiger partial charge in [-0.2, -0.15) is 5.10 Å². The molecular weight excluding hydrogens is 314 g/mol. The number of halogens is 1. The quantitative estimate of drug-likeness (QED) is 0.646. The molecule has 2 heterocycles. The average Bonchev–Trinajstić information content (AvgIpc) is 3.03. The second kappa shape index (κ2) is 5.38. The summed E-state index contributed by atoms with van der Waals surface area (Å²) in [6.45, 7) is 2.20. The molecule has 0 saturated carbocycles. The zero-order valence-corrected chi connectivity index (χ0v) is 13.5. The van der Waals surface area contributed by atoms with E-state index in [-0.39, 0.29) is 6.04 Å². The number of nitrogens with zero attached hydrogens (tertiary/aromatic N) is 2. The van der Waals surface area contributed by atoms with E-state index in [1.807, 2.05) is 30.5 Å². The number of rotatable bonds is 2. The molecule has 1 aliphatic rings. The molecule has 1 unspecified atom stereocenters. The van der Waals surface area contributed by atoms with Gasteiger partial charge in [-0.15, -0.1) is 0 Å². The third kappa shape index (κ3) is 2.19. The first-order chi connectivity index (χ1) is 10.7. The van der Waals surface area contributed by atoms with Crippen molar-refractivity contribution < 1.29 is 0 Å². The second-order valence-electron chi connectivity index (χ2n) is 5.26. The lowest BCUT2D eigenvalue weighted by Gasteiger charge is -2.35. The number of anilines is 1. The predicted octanol–water partition coefficient (Wildman–Crippen LogP) is 5.32. The van der Waals surface area contributed by atoms with Gasteiger partial charge in [0.05, 0.1) is 23.6 Å². The number of para-hydroxylation sites is 1. The van der Waals surface area contributed by atoms with Crippen LogP contribution < -0.4 is 4.31 Å². The lowest BCUT2D eigenvalue weighted by atomic mass is 9.97. The SMILES string of the molecule is CC1c2cn[nH]c2-c2ccccc2N1Sc1ccc(Cl)cc1. The molecule has 0 spiro atoms. The fourth-order valence-electron chi connectivity index (χ4n) is 2.78. The smallest absolute Gasteiger partial charge is 0.0724 e. The van der Waals surface area contributed by atoms with Gasteiger partial charge >= 0.3 is 0 Å². The van der Waals surface area contributed by atoms with Gasteiger partial charge in [0.25, 0.3) is 0 Å². The van der Waals surface area contributed by atoms with Gasteiger partial charge in [0.2, 0.25) is 0 Å². The largest absolute Gasteiger partial charge is 0.304 e. The Labute approximate surface area is 138 Å². The number of H-pyrrole nitrogens is 1. The molecule has 0 radical (unpaired) electrons. The Hall–Kier alpha value is -1.91. The van der Waals surface area contributed by atoms with E-state index in [0.29, 0.717) is 0 Å². The fourth-order valence-corrected chi connectivity index (χ4v) is 3.92. The Balaban J connectivity index is 1.78. The van der Waals surface area contributed by atoms with E-state index in [9.17, 15) is 0 Å². The first-order valence-electron chi connectivity index (χ1n) is 7.09. The molecule has 0 amide bonds. The minimum Gasteiger partial charge on any atom is -0.304 e. The van der Waals surface area contributed by atoms with Crippen molar-refractivity contribution in [2.24, 2.45) is 0 Å². The summed E-state index contributed by atoms with van der Waals surface area (Å²) in [5, 5.41) is 8.12. The Bertz CT molecular complexity index is 813. The molecular formula is C17H14ClN3S. The third-order valence-corrected chi connectivity index (χ3v) is 5.34. The number of aromatic amines is 1. The van der Waals surface area contributed by atoms with Crippen molar-refractivity contribution in [2.75, 3.05) is 4.31 Å². The maximum atomic E-state index is 5.98. The number of fused-ring (bicyclic) bond motifs is 3. The van der Waals surface area contributed by atoms with Gasteiger partial charge in [-0.1, -0.05) is 29.8 Å². The maximum Gasteiger partial charge on any atom is 0.0724 e. The maximum absolute atomic E-state index is 5.98. The van der Waals surface area contributed by atoms with E-state index in [4.69, 9.17) is 11.6 Å². The molecule has 1 atom stereocenters. The van der Waals surface area contributed by atoms with E-state index in [1.54, 1.807) is 11.9 Å². The standard InChI is InChI=1S/C17H14ClN3S/c1-11-15-10-19-20-17(15)14-4-2-3-5-16(14)21(11)22-13-8-6-12(18)7-9-13/h2-11H,1H3,(H,19,20). The minimum absolute atomic E-state index is 0.240. The van der Waals surface area contributed by atoms with Crippen LogP contribution in [0.15, 0.2) is 59.6 Å². The fraction of sp³-hybridized carbons (Fsp3) is 0.118. The zero-order valence-electron chi connectivity index (χ0n) is 12.0. The van der Waals surface area contributed by atoms with Crippen LogP contribution in [0.5, 0.6) is 0 Å². The molecule has 110 valence electrons. The van der Waals surface area contributed by atoms with Gasteiger partial charge in [0.1, 0.15) is 0 Å². The highest BCUT2D eigenvalue weighted by Crippen LogP contribution is 2.47. The number of aromatic nitrogens is 2. The van der Waals surface area contributed by atoms with Crippen LogP contribution in [-0.4, -0.2) is 10.2 Å². The summed E-state index contributed by atoms with van der Waals surface area (Å²) in [6, 6.07) is 16.6. The van der Waals surface area contributed by atoms with Crippen molar-refractivity contribution in [3.8, 4) is 11.3 Å². The Morgan fingerprint density at radius 1 is 1.14 bits per heavy atom. The van der Waals surface area contributed by atoms with Gasteiger partial charge in [-0.3, -0.25) is 5.10 Å². The second-order valence-corrected chi connectivity index (χ2v) is 6.75. The summed E-state index contributed by atoms with van der Waals surface area (Å²) in [5.41, 5.74) is 4.73. The topological polar surface area (TPSA) is 31.9 Å². The predicted molar refractivity (Wildman–Crippen MR) is 92.2 cm³/mol. The van der Waals surface area contributed by atoms with Crippen molar-refractivity contribution in [1.29, 1.82) is 0 Å². The summed E-state index contributed by atoms with van der Waals surface area (Å²) in [5.74, 6) is 0. The monoisotopic (exact) mass is 327 g/mol. The van der Waals surface area contributed by atoms with Crippen molar-refractivity contribution >= 4 is 29.2 Å². The Morgan fingerprint density at radius 3 is 2.73 bits per heavy atom. The van der Waals surface area contributed by atoms with Crippen LogP contribution in [0.3, 0.4) is 0 Å². The molecule has 2 aromatic carbocycles. The molecule has 1 aliphatic heterocycles. The van der Waals surface area contributed by atoms with E-state index in [1.165, 1.54) is 16.8 Å². The van der Waals surface area contributed by atoms with Crippen LogP contribution in [0.4, 0.5) is 5.69 Å². The summed E-state index contributed by atoms with van der Waals surface area (Å²) in [7, 11) is 0. The molecule has 0 bridgehead atoms. The lowest BCUT2D eigenvalue weighted by Crippen LogP contribution is -2.23. The molecule has 1 aromatic heterocycles. The molecule has 0 fully saturated rings. The van der Waals surface area contributed by atoms with Crippen LogP contribution in [0.25, 0.3) is 11.3 Å². The van der Waals surface area contributed by atoms with Crippen molar-refractivity contribution in [3.63, 3.8) is 0 Å². The Morgan fingerprint density at radius 2 is 1.91 bits per heavy atom. The highest BCUT2D eigenvalue weighted by atomic mass is 35.5. The van der Waals surface area contributed by atoms with Crippen molar-refractivity contribution in [2.45, 2.75) is 17.9 Å². The lowest BCUT2D eigenvalue weighted by molar-refractivity contribution is 0.813. The van der Waals surface area contributed by atoms with Gasteiger partial charge in [0, 0.05) is 21.0 Å². The highest BCUT2D eigenvalue weighted by molar-refractivity contribution is 8.00. The van der Waals surface area contributed by atoms with Gasteiger partial charge in [-0.25, -0.2) is 0 Å². The normalized spacial score (nSPS) is 16.3. The summed E-state index contributed by atoms with van der Waals surface area (Å²) >= 11 is 7.71. The molecule has 1 N–H and O–H groups in total. The van der Waals surface area contributed by atoms with Crippen LogP contribution in [0, 0.1) is 0 Å². The zero-order chi connectivity index (χ0) is 15.1. The number of nitrogens with one attached hydrogen (secondary N) is 1. The van der Waals surface area contributed by atoms with Crippen LogP contribution in [0.1, 0.15) is 18.5 Å². The third-order valence-electron chi connectivity index (χ3n) is 3.90. The number of benzene rings is 2. The number of hydrogen-bond acceptors (Lipinski definition) is 3. The molecule has 22 heavy (non-hydrogen) atoms. The van der Waals surface area contributed by atoms with Crippen LogP contribution in [0.2, 0.25) is 5.02 Å². The van der Waals surface area contributed by atoms with E-state index < -0.39 is 0 Å². The highest BCUT2D eigenvalue weighted by Gasteiger charge is 2.30. The van der Waals surface area contributed by atoms with Gasteiger partial charge in [-0.05, 0) is 49.2 Å². The summed E-state index contributed by atoms with van der Waals surface area (Å²) < 4.78 is 2.33. The minimum atomic E-state index is 0.240. The number of hydrogen-bond donors (Lipinski definition) is 1. The average molecular weight is 328 g/mol. The van der Waals surface area contributed by atoms with Crippen LogP contribution in [-0.2, 0) is 0 Å². The first kappa shape index (κ1) is 13.7. The van der Waals surface area contributed by atoms with E-state index in [2.05, 4.69) is 45.7 Å². The first-order valence-corrected chi connectivity index (χ1v) is 8.24. The van der Waals surface area contributed by atoms with Gasteiger partial charge in [0.15, 0.2) is 0 Å². The van der Waals surface area contributed by atoms with E-state index >= 15 is 0 Å². The Kier molecular flexibility index (Phi) is 3.36. The molecule has 0 aliphatic carbocycles. The van der Waals surface area contributed by atoms with Gasteiger partial charge < -0.3 is 4.31 Å². The molecule has 3 nitrogen and oxygen atoms in total. The molecule has 3 aromatic rings. The summed E-state index contributed by atoms with van der Waals surface area (Å²) in [4.78, 5) is 1.16. The van der Waals surface area contributed by atoms with Crippen molar-refractivity contribution in [1.82, 2.24) is 10.2 Å². The van der Waals surface area contributed by atoms with Crippen molar-refractivity contribution in [3.05, 3.63) is 65.3 Å². The molecule has 0 saturated heterocycles. The summed E-state index contributed by atoms with van der Waals surface area (Å²) in [6.07, 6.45) is 1.92. The van der Waals surface area contributed by atoms with E-state index in [0.717, 1.165) is 15.6 Å².